The van der Waals surface area contributed by atoms with Crippen LogP contribution < -0.4 is 5.32 Å². The summed E-state index contributed by atoms with van der Waals surface area (Å²) in [5.74, 6) is 0.536. The standard InChI is InChI=1S/C20H28N4O2/c1-13(2)26-20(25)15-4-3-5-16-19(15)17(23-22-16)6-9-21-18-12-24-10-7-14(18)8-11-24/h3-5,13-14,18,21H,6-12H2,1-2H3,(H,22,23). The van der Waals surface area contributed by atoms with Gasteiger partial charge in [0, 0.05) is 36.6 Å². The summed E-state index contributed by atoms with van der Waals surface area (Å²) in [5.41, 5.74) is 2.42. The minimum absolute atomic E-state index is 0.133. The second-order valence-electron chi connectivity index (χ2n) is 7.80. The lowest BCUT2D eigenvalue weighted by molar-refractivity contribution is 0.0380. The molecular weight excluding hydrogens is 328 g/mol. The highest BCUT2D eigenvalue weighted by Crippen LogP contribution is 2.27. The quantitative estimate of drug-likeness (QED) is 0.778. The normalized spacial score (nSPS) is 25.1. The molecule has 2 N–H and O–H groups in total. The first-order valence-corrected chi connectivity index (χ1v) is 9.74. The van der Waals surface area contributed by atoms with E-state index < -0.39 is 0 Å². The fourth-order valence-electron chi connectivity index (χ4n) is 4.34. The Morgan fingerprint density at radius 2 is 2.19 bits per heavy atom. The van der Waals surface area contributed by atoms with Gasteiger partial charge in [0.1, 0.15) is 0 Å². The molecule has 3 saturated heterocycles. The van der Waals surface area contributed by atoms with E-state index in [-0.39, 0.29) is 12.1 Å². The lowest BCUT2D eigenvalue weighted by Crippen LogP contribution is -2.56. The SMILES string of the molecule is CC(C)OC(=O)c1cccc2n[nH]c(CCNC3CN4CCC3CC4)c12. The van der Waals surface area contributed by atoms with E-state index in [0.717, 1.165) is 35.5 Å². The number of hydrogen-bond donors (Lipinski definition) is 2. The maximum Gasteiger partial charge on any atom is 0.339 e. The van der Waals surface area contributed by atoms with E-state index in [0.29, 0.717) is 11.6 Å². The molecular formula is C20H28N4O2. The molecule has 0 amide bonds. The molecule has 140 valence electrons. The van der Waals surface area contributed by atoms with Gasteiger partial charge in [-0.2, -0.15) is 5.10 Å². The van der Waals surface area contributed by atoms with E-state index in [1.807, 2.05) is 32.0 Å². The van der Waals surface area contributed by atoms with E-state index >= 15 is 0 Å². The largest absolute Gasteiger partial charge is 0.459 e. The Labute approximate surface area is 154 Å². The summed E-state index contributed by atoms with van der Waals surface area (Å²) >= 11 is 0. The third-order valence-corrected chi connectivity index (χ3v) is 5.66. The number of piperidine rings is 3. The van der Waals surface area contributed by atoms with Gasteiger partial charge in [0.2, 0.25) is 0 Å². The summed E-state index contributed by atoms with van der Waals surface area (Å²) < 4.78 is 5.40. The molecule has 26 heavy (non-hydrogen) atoms. The number of carbonyl (C=O) groups is 1. The highest BCUT2D eigenvalue weighted by molar-refractivity contribution is 6.04. The highest BCUT2D eigenvalue weighted by Gasteiger charge is 2.33. The fraction of sp³-hybridized carbons (Fsp3) is 0.600. The van der Waals surface area contributed by atoms with Gasteiger partial charge in [0.25, 0.3) is 0 Å². The number of aromatic nitrogens is 2. The van der Waals surface area contributed by atoms with Gasteiger partial charge in [-0.1, -0.05) is 6.07 Å². The average molecular weight is 356 g/mol. The number of carbonyl (C=O) groups excluding carboxylic acids is 1. The highest BCUT2D eigenvalue weighted by atomic mass is 16.5. The van der Waals surface area contributed by atoms with Gasteiger partial charge in [-0.25, -0.2) is 4.79 Å². The van der Waals surface area contributed by atoms with Gasteiger partial charge in [-0.15, -0.1) is 0 Å². The van der Waals surface area contributed by atoms with Crippen LogP contribution in [0.5, 0.6) is 0 Å². The number of rotatable bonds is 6. The molecule has 0 spiro atoms. The number of ether oxygens (including phenoxy) is 1. The zero-order chi connectivity index (χ0) is 18.1. The Morgan fingerprint density at radius 3 is 2.88 bits per heavy atom. The van der Waals surface area contributed by atoms with Crippen LogP contribution in [0.3, 0.4) is 0 Å². The van der Waals surface area contributed by atoms with Crippen molar-refractivity contribution in [3.8, 4) is 0 Å². The zero-order valence-electron chi connectivity index (χ0n) is 15.6. The van der Waals surface area contributed by atoms with Crippen LogP contribution in [0, 0.1) is 5.92 Å². The van der Waals surface area contributed by atoms with E-state index in [4.69, 9.17) is 4.74 Å². The number of aromatic amines is 1. The number of H-pyrrole nitrogens is 1. The molecule has 6 nitrogen and oxygen atoms in total. The van der Waals surface area contributed by atoms with E-state index in [1.54, 1.807) is 0 Å². The van der Waals surface area contributed by atoms with Crippen molar-refractivity contribution in [2.75, 3.05) is 26.2 Å². The summed E-state index contributed by atoms with van der Waals surface area (Å²) in [4.78, 5) is 15.0. The van der Waals surface area contributed by atoms with Crippen molar-refractivity contribution >= 4 is 16.9 Å². The predicted molar refractivity (Wildman–Crippen MR) is 101 cm³/mol. The Hall–Kier alpha value is -1.92. The third-order valence-electron chi connectivity index (χ3n) is 5.66. The monoisotopic (exact) mass is 356 g/mol. The molecule has 3 aliphatic rings. The third kappa shape index (κ3) is 3.48. The lowest BCUT2D eigenvalue weighted by Gasteiger charge is -2.45. The van der Waals surface area contributed by atoms with Crippen molar-refractivity contribution in [1.29, 1.82) is 0 Å². The summed E-state index contributed by atoms with van der Waals surface area (Å²) in [7, 11) is 0. The van der Waals surface area contributed by atoms with Gasteiger partial charge in [-0.3, -0.25) is 5.10 Å². The zero-order valence-corrected chi connectivity index (χ0v) is 15.6. The first-order valence-electron chi connectivity index (χ1n) is 9.74. The molecule has 5 rings (SSSR count). The minimum Gasteiger partial charge on any atom is -0.459 e. The fourth-order valence-corrected chi connectivity index (χ4v) is 4.34. The molecule has 1 aromatic carbocycles. The van der Waals surface area contributed by atoms with Crippen LogP contribution in [-0.2, 0) is 11.2 Å². The van der Waals surface area contributed by atoms with Gasteiger partial charge in [0.15, 0.2) is 0 Å². The second-order valence-corrected chi connectivity index (χ2v) is 7.80. The maximum atomic E-state index is 12.4. The van der Waals surface area contributed by atoms with Crippen LogP contribution in [0.2, 0.25) is 0 Å². The lowest BCUT2D eigenvalue weighted by atomic mass is 9.84. The maximum absolute atomic E-state index is 12.4. The molecule has 0 saturated carbocycles. The van der Waals surface area contributed by atoms with Crippen molar-refractivity contribution in [2.45, 2.75) is 45.3 Å². The van der Waals surface area contributed by atoms with Gasteiger partial charge < -0.3 is 15.0 Å². The van der Waals surface area contributed by atoms with Crippen molar-refractivity contribution in [1.82, 2.24) is 20.4 Å². The van der Waals surface area contributed by atoms with Crippen molar-refractivity contribution < 1.29 is 9.53 Å². The molecule has 1 unspecified atom stereocenters. The van der Waals surface area contributed by atoms with Crippen LogP contribution in [0.15, 0.2) is 18.2 Å². The van der Waals surface area contributed by atoms with Crippen LogP contribution in [0.4, 0.5) is 0 Å². The smallest absolute Gasteiger partial charge is 0.339 e. The first kappa shape index (κ1) is 17.5. The van der Waals surface area contributed by atoms with Crippen molar-refractivity contribution in [3.05, 3.63) is 29.5 Å². The van der Waals surface area contributed by atoms with E-state index in [9.17, 15) is 4.79 Å². The molecule has 1 atom stereocenters. The van der Waals surface area contributed by atoms with Crippen LogP contribution >= 0.6 is 0 Å². The van der Waals surface area contributed by atoms with Crippen molar-refractivity contribution in [2.24, 2.45) is 5.92 Å². The molecule has 1 aromatic heterocycles. The average Bonchev–Trinajstić information content (AvgIpc) is 3.05. The number of fused-ring (bicyclic) bond motifs is 4. The summed E-state index contributed by atoms with van der Waals surface area (Å²) in [6, 6.07) is 6.21. The molecule has 2 aromatic rings. The molecule has 4 heterocycles. The second kappa shape index (κ2) is 7.37. The topological polar surface area (TPSA) is 70.2 Å². The van der Waals surface area contributed by atoms with E-state index in [1.165, 1.54) is 32.5 Å². The summed E-state index contributed by atoms with van der Waals surface area (Å²) in [5, 5.41) is 12.1. The summed E-state index contributed by atoms with van der Waals surface area (Å²) in [6.45, 7) is 8.31. The molecule has 6 heteroatoms. The van der Waals surface area contributed by atoms with Gasteiger partial charge in [0.05, 0.1) is 17.2 Å². The molecule has 2 bridgehead atoms. The Morgan fingerprint density at radius 1 is 1.38 bits per heavy atom. The summed E-state index contributed by atoms with van der Waals surface area (Å²) in [6.07, 6.45) is 3.32. The first-order chi connectivity index (χ1) is 12.6. The Bertz CT molecular complexity index is 777. The molecule has 0 aliphatic carbocycles. The van der Waals surface area contributed by atoms with E-state index in [2.05, 4.69) is 20.4 Å². The number of esters is 1. The number of nitrogens with one attached hydrogen (secondary N) is 2. The molecule has 3 aliphatic heterocycles. The number of nitrogens with zero attached hydrogens (tertiary/aromatic N) is 2. The molecule has 3 fully saturated rings. The van der Waals surface area contributed by atoms with Crippen LogP contribution in [0.1, 0.15) is 42.7 Å². The molecule has 0 radical (unpaired) electrons. The predicted octanol–water partition coefficient (Wildman–Crippen LogP) is 2.35. The number of benzene rings is 1. The van der Waals surface area contributed by atoms with Crippen LogP contribution in [0.25, 0.3) is 10.9 Å². The Kier molecular flexibility index (Phi) is 4.96. The van der Waals surface area contributed by atoms with Gasteiger partial charge >= 0.3 is 5.97 Å². The Balaban J connectivity index is 1.46. The van der Waals surface area contributed by atoms with Crippen LogP contribution in [-0.4, -0.2) is 59.4 Å². The van der Waals surface area contributed by atoms with Crippen molar-refractivity contribution in [3.63, 3.8) is 0 Å². The minimum atomic E-state index is -0.279. The van der Waals surface area contributed by atoms with Gasteiger partial charge in [-0.05, 0) is 57.8 Å². The number of hydrogen-bond acceptors (Lipinski definition) is 5.